The molecule has 104 valence electrons. The van der Waals surface area contributed by atoms with E-state index in [1.165, 1.54) is 6.26 Å². The molecule has 6 heteroatoms. The highest BCUT2D eigenvalue weighted by molar-refractivity contribution is 7.90. The van der Waals surface area contributed by atoms with Gasteiger partial charge in [0.25, 0.3) is 0 Å². The summed E-state index contributed by atoms with van der Waals surface area (Å²) in [5.41, 5.74) is 6.50. The molecule has 1 heterocycles. The van der Waals surface area contributed by atoms with E-state index >= 15 is 0 Å². The Bertz CT molecular complexity index is 618. The lowest BCUT2D eigenvalue weighted by molar-refractivity contribution is 0.172. The van der Waals surface area contributed by atoms with Crippen LogP contribution in [0.15, 0.2) is 17.0 Å². The molecule has 1 aliphatic heterocycles. The summed E-state index contributed by atoms with van der Waals surface area (Å²) in [4.78, 5) is 0.201. The highest BCUT2D eigenvalue weighted by Crippen LogP contribution is 2.46. The molecule has 3 rings (SSSR count). The number of hydrogen-bond donors (Lipinski definition) is 1. The molecule has 1 aromatic rings. The Morgan fingerprint density at radius 3 is 2.53 bits per heavy atom. The van der Waals surface area contributed by atoms with Gasteiger partial charge in [0.1, 0.15) is 4.90 Å². The molecule has 19 heavy (non-hydrogen) atoms. The average molecular weight is 283 g/mol. The van der Waals surface area contributed by atoms with Crippen LogP contribution in [0.3, 0.4) is 0 Å². The third-order valence-corrected chi connectivity index (χ3v) is 5.04. The van der Waals surface area contributed by atoms with Gasteiger partial charge in [-0.3, -0.25) is 0 Å². The summed E-state index contributed by atoms with van der Waals surface area (Å²) in [7, 11) is -3.42. The Morgan fingerprint density at radius 1 is 1.21 bits per heavy atom. The van der Waals surface area contributed by atoms with Crippen LogP contribution in [0.25, 0.3) is 0 Å². The smallest absolute Gasteiger partial charge is 0.231 e. The highest BCUT2D eigenvalue weighted by atomic mass is 32.2. The number of nitrogens with two attached hydrogens (primary N) is 1. The lowest BCUT2D eigenvalue weighted by atomic mass is 9.89. The van der Waals surface area contributed by atoms with Gasteiger partial charge in [-0.1, -0.05) is 18.9 Å². The molecule has 0 aromatic heterocycles. The van der Waals surface area contributed by atoms with Crippen molar-refractivity contribution in [2.75, 3.05) is 13.0 Å². The molecular formula is C13H17NO4S. The SMILES string of the molecule is CS(=O)(=O)c1c(C2(N)CCCC2)ccc2c1OCO2. The van der Waals surface area contributed by atoms with Crippen LogP contribution in [0.2, 0.25) is 0 Å². The van der Waals surface area contributed by atoms with Crippen molar-refractivity contribution in [3.8, 4) is 11.5 Å². The summed E-state index contributed by atoms with van der Waals surface area (Å²) in [6.07, 6.45) is 4.83. The first-order valence-electron chi connectivity index (χ1n) is 6.34. The molecule has 2 aliphatic rings. The van der Waals surface area contributed by atoms with Crippen molar-refractivity contribution >= 4 is 9.84 Å². The molecule has 0 amide bonds. The van der Waals surface area contributed by atoms with Crippen LogP contribution < -0.4 is 15.2 Å². The van der Waals surface area contributed by atoms with Crippen molar-refractivity contribution in [2.45, 2.75) is 36.1 Å². The number of ether oxygens (including phenoxy) is 2. The fraction of sp³-hybridized carbons (Fsp3) is 0.538. The van der Waals surface area contributed by atoms with Crippen LogP contribution in [0.1, 0.15) is 31.2 Å². The minimum Gasteiger partial charge on any atom is -0.454 e. The minimum atomic E-state index is -3.42. The van der Waals surface area contributed by atoms with Gasteiger partial charge in [-0.05, 0) is 24.5 Å². The first kappa shape index (κ1) is 12.7. The third kappa shape index (κ3) is 1.99. The fourth-order valence-corrected chi connectivity index (χ4v) is 4.15. The van der Waals surface area contributed by atoms with E-state index in [9.17, 15) is 8.42 Å². The maximum atomic E-state index is 12.1. The van der Waals surface area contributed by atoms with E-state index < -0.39 is 15.4 Å². The summed E-state index contributed by atoms with van der Waals surface area (Å²) in [6.45, 7) is 0.0544. The summed E-state index contributed by atoms with van der Waals surface area (Å²) in [5.74, 6) is 0.794. The molecule has 2 N–H and O–H groups in total. The third-order valence-electron chi connectivity index (χ3n) is 3.90. The standard InChI is InChI=1S/C13H17NO4S/c1-19(15,16)12-9(13(14)6-2-3-7-13)4-5-10-11(12)18-8-17-10/h4-5H,2-3,6-8,14H2,1H3. The molecule has 0 unspecified atom stereocenters. The van der Waals surface area contributed by atoms with Crippen molar-refractivity contribution in [2.24, 2.45) is 5.73 Å². The Balaban J connectivity index is 2.26. The van der Waals surface area contributed by atoms with Crippen LogP contribution in [-0.2, 0) is 15.4 Å². The van der Waals surface area contributed by atoms with E-state index in [2.05, 4.69) is 0 Å². The molecule has 5 nitrogen and oxygen atoms in total. The van der Waals surface area contributed by atoms with Crippen LogP contribution >= 0.6 is 0 Å². The van der Waals surface area contributed by atoms with Gasteiger partial charge in [-0.2, -0.15) is 0 Å². The Labute approximate surface area is 112 Å². The van der Waals surface area contributed by atoms with Gasteiger partial charge in [0.2, 0.25) is 6.79 Å². The minimum absolute atomic E-state index is 0.0544. The van der Waals surface area contributed by atoms with Gasteiger partial charge in [0, 0.05) is 11.8 Å². The first-order valence-corrected chi connectivity index (χ1v) is 8.23. The van der Waals surface area contributed by atoms with Crippen LogP contribution in [-0.4, -0.2) is 21.5 Å². The Morgan fingerprint density at radius 2 is 1.89 bits per heavy atom. The summed E-state index contributed by atoms with van der Waals surface area (Å²) < 4.78 is 34.8. The quantitative estimate of drug-likeness (QED) is 0.891. The molecule has 0 saturated heterocycles. The van der Waals surface area contributed by atoms with Gasteiger partial charge >= 0.3 is 0 Å². The maximum absolute atomic E-state index is 12.1. The lowest BCUT2D eigenvalue weighted by Crippen LogP contribution is -2.34. The molecule has 0 spiro atoms. The normalized spacial score (nSPS) is 20.7. The van der Waals surface area contributed by atoms with E-state index in [0.29, 0.717) is 17.1 Å². The average Bonchev–Trinajstić information content (AvgIpc) is 2.94. The second kappa shape index (κ2) is 4.11. The fourth-order valence-electron chi connectivity index (χ4n) is 2.98. The molecule has 0 atom stereocenters. The van der Waals surface area contributed by atoms with Gasteiger partial charge < -0.3 is 15.2 Å². The molecular weight excluding hydrogens is 266 g/mol. The van der Waals surface area contributed by atoms with Crippen molar-refractivity contribution < 1.29 is 17.9 Å². The lowest BCUT2D eigenvalue weighted by Gasteiger charge is -2.26. The van der Waals surface area contributed by atoms with Crippen molar-refractivity contribution in [3.05, 3.63) is 17.7 Å². The van der Waals surface area contributed by atoms with E-state index in [1.807, 2.05) is 0 Å². The molecule has 0 radical (unpaired) electrons. The summed E-state index contributed by atoms with van der Waals surface area (Å²) in [5, 5.41) is 0. The largest absolute Gasteiger partial charge is 0.454 e. The van der Waals surface area contributed by atoms with Gasteiger partial charge in [0.15, 0.2) is 21.3 Å². The van der Waals surface area contributed by atoms with E-state index in [1.54, 1.807) is 12.1 Å². The predicted molar refractivity (Wildman–Crippen MR) is 70.0 cm³/mol. The number of benzene rings is 1. The van der Waals surface area contributed by atoms with Crippen molar-refractivity contribution in [1.82, 2.24) is 0 Å². The highest BCUT2D eigenvalue weighted by Gasteiger charge is 2.38. The zero-order chi connectivity index (χ0) is 13.7. The second-order valence-electron chi connectivity index (χ2n) is 5.31. The predicted octanol–water partition coefficient (Wildman–Crippen LogP) is 1.55. The maximum Gasteiger partial charge on any atom is 0.231 e. The van der Waals surface area contributed by atoms with Crippen molar-refractivity contribution in [1.29, 1.82) is 0 Å². The van der Waals surface area contributed by atoms with E-state index in [4.69, 9.17) is 15.2 Å². The number of hydrogen-bond acceptors (Lipinski definition) is 5. The molecule has 1 fully saturated rings. The summed E-state index contributed by atoms with van der Waals surface area (Å²) >= 11 is 0. The van der Waals surface area contributed by atoms with Gasteiger partial charge in [0.05, 0.1) is 0 Å². The van der Waals surface area contributed by atoms with E-state index in [-0.39, 0.29) is 11.7 Å². The van der Waals surface area contributed by atoms with E-state index in [0.717, 1.165) is 25.7 Å². The van der Waals surface area contributed by atoms with Gasteiger partial charge in [-0.25, -0.2) is 8.42 Å². The second-order valence-corrected chi connectivity index (χ2v) is 7.26. The van der Waals surface area contributed by atoms with Crippen molar-refractivity contribution in [3.63, 3.8) is 0 Å². The van der Waals surface area contributed by atoms with Gasteiger partial charge in [-0.15, -0.1) is 0 Å². The molecule has 0 bridgehead atoms. The Hall–Kier alpha value is -1.27. The Kier molecular flexibility index (Phi) is 2.76. The number of fused-ring (bicyclic) bond motifs is 1. The van der Waals surface area contributed by atoms with Crippen LogP contribution in [0.4, 0.5) is 0 Å². The molecule has 1 aromatic carbocycles. The number of rotatable bonds is 2. The molecule has 1 saturated carbocycles. The molecule has 1 aliphatic carbocycles. The topological polar surface area (TPSA) is 78.6 Å². The monoisotopic (exact) mass is 283 g/mol. The zero-order valence-electron chi connectivity index (χ0n) is 10.8. The summed E-state index contributed by atoms with van der Waals surface area (Å²) in [6, 6.07) is 3.52. The number of sulfone groups is 1. The van der Waals surface area contributed by atoms with Crippen LogP contribution in [0, 0.1) is 0 Å². The zero-order valence-corrected chi connectivity index (χ0v) is 11.6. The van der Waals surface area contributed by atoms with Crippen LogP contribution in [0.5, 0.6) is 11.5 Å². The first-order chi connectivity index (χ1) is 8.92.